The molecule has 1 heterocycles. The molecule has 2 heteroatoms. The standard InChI is InChI=1S/C8H7NO/c10-8-5-4-6-2-1-3-7(6)9-8/h1-2,4-5H,3H2,(H,9,10). The predicted molar refractivity (Wildman–Crippen MR) is 39.8 cm³/mol. The van der Waals surface area contributed by atoms with Gasteiger partial charge in [-0.3, -0.25) is 4.79 Å². The van der Waals surface area contributed by atoms with Crippen LogP contribution in [0.1, 0.15) is 11.3 Å². The van der Waals surface area contributed by atoms with Crippen molar-refractivity contribution >= 4 is 6.08 Å². The summed E-state index contributed by atoms with van der Waals surface area (Å²) in [7, 11) is 0. The number of hydrogen-bond acceptors (Lipinski definition) is 1. The second kappa shape index (κ2) is 1.84. The van der Waals surface area contributed by atoms with Crippen LogP contribution in [0.5, 0.6) is 0 Å². The zero-order valence-electron chi connectivity index (χ0n) is 5.42. The predicted octanol–water partition coefficient (Wildman–Crippen LogP) is 0.944. The molecular weight excluding hydrogens is 126 g/mol. The highest BCUT2D eigenvalue weighted by atomic mass is 16.1. The van der Waals surface area contributed by atoms with E-state index in [1.54, 1.807) is 6.07 Å². The van der Waals surface area contributed by atoms with E-state index in [4.69, 9.17) is 0 Å². The topological polar surface area (TPSA) is 32.9 Å². The lowest BCUT2D eigenvalue weighted by Gasteiger charge is -1.93. The Morgan fingerprint density at radius 3 is 3.20 bits per heavy atom. The summed E-state index contributed by atoms with van der Waals surface area (Å²) < 4.78 is 0. The number of nitrogens with one attached hydrogen (secondary N) is 1. The molecule has 0 saturated carbocycles. The number of aromatic amines is 1. The fraction of sp³-hybridized carbons (Fsp3) is 0.125. The molecule has 1 aliphatic rings. The molecule has 0 fully saturated rings. The first-order chi connectivity index (χ1) is 4.86. The average molecular weight is 133 g/mol. The first-order valence-corrected chi connectivity index (χ1v) is 3.25. The molecule has 0 bridgehead atoms. The molecule has 1 aromatic rings. The van der Waals surface area contributed by atoms with Gasteiger partial charge in [0.2, 0.25) is 5.56 Å². The molecule has 2 nitrogen and oxygen atoms in total. The summed E-state index contributed by atoms with van der Waals surface area (Å²) in [4.78, 5) is 13.5. The van der Waals surface area contributed by atoms with Crippen molar-refractivity contribution in [3.63, 3.8) is 0 Å². The maximum absolute atomic E-state index is 10.7. The van der Waals surface area contributed by atoms with Gasteiger partial charge in [-0.2, -0.15) is 0 Å². The Morgan fingerprint density at radius 2 is 2.30 bits per heavy atom. The van der Waals surface area contributed by atoms with Gasteiger partial charge in [0.05, 0.1) is 0 Å². The van der Waals surface area contributed by atoms with Crippen LogP contribution in [0.2, 0.25) is 0 Å². The Hall–Kier alpha value is -1.31. The van der Waals surface area contributed by atoms with Crippen molar-refractivity contribution in [3.8, 4) is 0 Å². The zero-order chi connectivity index (χ0) is 6.97. The summed E-state index contributed by atoms with van der Waals surface area (Å²) in [5.74, 6) is 0. The maximum Gasteiger partial charge on any atom is 0.248 e. The van der Waals surface area contributed by atoms with E-state index in [2.05, 4.69) is 4.98 Å². The average Bonchev–Trinajstić information content (AvgIpc) is 2.33. The first kappa shape index (κ1) is 5.47. The monoisotopic (exact) mass is 133 g/mol. The minimum absolute atomic E-state index is 0.0116. The fourth-order valence-corrected chi connectivity index (χ4v) is 1.16. The van der Waals surface area contributed by atoms with Crippen LogP contribution >= 0.6 is 0 Å². The molecule has 0 aromatic carbocycles. The summed E-state index contributed by atoms with van der Waals surface area (Å²) in [6.07, 6.45) is 4.93. The third-order valence-electron chi connectivity index (χ3n) is 1.66. The molecule has 50 valence electrons. The number of H-pyrrole nitrogens is 1. The summed E-state index contributed by atoms with van der Waals surface area (Å²) in [5.41, 5.74) is 2.16. The van der Waals surface area contributed by atoms with Crippen molar-refractivity contribution in [2.24, 2.45) is 0 Å². The van der Waals surface area contributed by atoms with E-state index in [-0.39, 0.29) is 5.56 Å². The van der Waals surface area contributed by atoms with Crippen LogP contribution in [0.25, 0.3) is 6.08 Å². The summed E-state index contributed by atoms with van der Waals surface area (Å²) in [6.45, 7) is 0. The fourth-order valence-electron chi connectivity index (χ4n) is 1.16. The Labute approximate surface area is 58.2 Å². The lowest BCUT2D eigenvalue weighted by Crippen LogP contribution is -2.06. The first-order valence-electron chi connectivity index (χ1n) is 3.25. The molecule has 0 radical (unpaired) electrons. The Bertz CT molecular complexity index is 335. The Kier molecular flexibility index (Phi) is 1.01. The molecule has 2 rings (SSSR count). The van der Waals surface area contributed by atoms with Gasteiger partial charge in [-0.05, 0) is 11.6 Å². The van der Waals surface area contributed by atoms with E-state index in [1.165, 1.54) is 0 Å². The SMILES string of the molecule is O=c1ccc2c([nH]1)CC=C2. The van der Waals surface area contributed by atoms with Gasteiger partial charge in [-0.15, -0.1) is 0 Å². The minimum Gasteiger partial charge on any atom is -0.325 e. The van der Waals surface area contributed by atoms with Crippen LogP contribution in [-0.2, 0) is 6.42 Å². The lowest BCUT2D eigenvalue weighted by atomic mass is 10.2. The van der Waals surface area contributed by atoms with Gasteiger partial charge in [0, 0.05) is 18.2 Å². The van der Waals surface area contributed by atoms with Gasteiger partial charge in [0.1, 0.15) is 0 Å². The van der Waals surface area contributed by atoms with E-state index in [1.807, 2.05) is 18.2 Å². The van der Waals surface area contributed by atoms with E-state index in [0.717, 1.165) is 17.7 Å². The Morgan fingerprint density at radius 1 is 1.40 bits per heavy atom. The molecule has 0 atom stereocenters. The van der Waals surface area contributed by atoms with Crippen LogP contribution < -0.4 is 5.56 Å². The molecule has 0 amide bonds. The van der Waals surface area contributed by atoms with Crippen LogP contribution in [0.15, 0.2) is 23.0 Å². The van der Waals surface area contributed by atoms with E-state index < -0.39 is 0 Å². The zero-order valence-corrected chi connectivity index (χ0v) is 5.42. The molecular formula is C8H7NO. The summed E-state index contributed by atoms with van der Waals surface area (Å²) in [5, 5.41) is 0. The number of fused-ring (bicyclic) bond motifs is 1. The van der Waals surface area contributed by atoms with Crippen molar-refractivity contribution in [1.29, 1.82) is 0 Å². The molecule has 0 aliphatic heterocycles. The number of allylic oxidation sites excluding steroid dienone is 1. The highest BCUT2D eigenvalue weighted by Gasteiger charge is 2.03. The van der Waals surface area contributed by atoms with Crippen molar-refractivity contribution in [2.45, 2.75) is 6.42 Å². The van der Waals surface area contributed by atoms with Gasteiger partial charge in [-0.1, -0.05) is 12.2 Å². The summed E-state index contributed by atoms with van der Waals surface area (Å²) in [6, 6.07) is 3.40. The van der Waals surface area contributed by atoms with Gasteiger partial charge in [0.15, 0.2) is 0 Å². The van der Waals surface area contributed by atoms with Crippen LogP contribution in [0.3, 0.4) is 0 Å². The lowest BCUT2D eigenvalue weighted by molar-refractivity contribution is 1.09. The van der Waals surface area contributed by atoms with E-state index in [0.29, 0.717) is 0 Å². The smallest absolute Gasteiger partial charge is 0.248 e. The number of hydrogen-bond donors (Lipinski definition) is 1. The quantitative estimate of drug-likeness (QED) is 0.561. The molecule has 0 spiro atoms. The van der Waals surface area contributed by atoms with Crippen molar-refractivity contribution in [3.05, 3.63) is 39.8 Å². The highest BCUT2D eigenvalue weighted by molar-refractivity contribution is 5.57. The third kappa shape index (κ3) is 0.692. The van der Waals surface area contributed by atoms with Gasteiger partial charge in [0.25, 0.3) is 0 Å². The number of rotatable bonds is 0. The van der Waals surface area contributed by atoms with Crippen molar-refractivity contribution in [1.82, 2.24) is 4.98 Å². The second-order valence-electron chi connectivity index (χ2n) is 2.36. The molecule has 0 unspecified atom stereocenters. The normalized spacial score (nSPS) is 13.6. The minimum atomic E-state index is -0.0116. The van der Waals surface area contributed by atoms with Gasteiger partial charge < -0.3 is 4.98 Å². The largest absolute Gasteiger partial charge is 0.325 e. The van der Waals surface area contributed by atoms with E-state index >= 15 is 0 Å². The molecule has 1 N–H and O–H groups in total. The molecule has 10 heavy (non-hydrogen) atoms. The van der Waals surface area contributed by atoms with Crippen molar-refractivity contribution in [2.75, 3.05) is 0 Å². The van der Waals surface area contributed by atoms with Crippen molar-refractivity contribution < 1.29 is 0 Å². The van der Waals surface area contributed by atoms with E-state index in [9.17, 15) is 4.79 Å². The molecule has 1 aliphatic carbocycles. The van der Waals surface area contributed by atoms with Crippen LogP contribution in [0.4, 0.5) is 0 Å². The van der Waals surface area contributed by atoms with Crippen LogP contribution in [0, 0.1) is 0 Å². The summed E-state index contributed by atoms with van der Waals surface area (Å²) >= 11 is 0. The maximum atomic E-state index is 10.7. The van der Waals surface area contributed by atoms with Crippen LogP contribution in [-0.4, -0.2) is 4.98 Å². The van der Waals surface area contributed by atoms with Gasteiger partial charge in [-0.25, -0.2) is 0 Å². The molecule has 1 aromatic heterocycles. The number of aromatic nitrogens is 1. The van der Waals surface area contributed by atoms with Gasteiger partial charge >= 0.3 is 0 Å². The second-order valence-corrected chi connectivity index (χ2v) is 2.36. The Balaban J connectivity index is 2.69. The number of pyridine rings is 1. The third-order valence-corrected chi connectivity index (χ3v) is 1.66. The molecule has 0 saturated heterocycles. The highest BCUT2D eigenvalue weighted by Crippen LogP contribution is 2.13.